The molecule has 4 rings (SSSR count). The van der Waals surface area contributed by atoms with Gasteiger partial charge >= 0.3 is 0 Å². The molecule has 0 bridgehead atoms. The van der Waals surface area contributed by atoms with E-state index in [0.29, 0.717) is 30.2 Å². The molecule has 6 nitrogen and oxygen atoms in total. The number of methoxy groups -OCH3 is 2. The van der Waals surface area contributed by atoms with E-state index >= 15 is 0 Å². The molecule has 1 heterocycles. The molecule has 0 radical (unpaired) electrons. The molecule has 0 spiro atoms. The molecule has 1 amide bonds. The topological polar surface area (TPSA) is 60.9 Å². The quantitative estimate of drug-likeness (QED) is 0.354. The third-order valence-electron chi connectivity index (χ3n) is 6.38. The van der Waals surface area contributed by atoms with Crippen molar-refractivity contribution in [3.8, 4) is 17.2 Å². The smallest absolute Gasteiger partial charge is 0.254 e. The number of rotatable bonds is 9. The number of carbonyl (C=O) groups excluding carboxylic acids is 1. The predicted molar refractivity (Wildman–Crippen MR) is 136 cm³/mol. The molecule has 0 unspecified atom stereocenters. The van der Waals surface area contributed by atoms with E-state index < -0.39 is 0 Å². The minimum atomic E-state index is -0.0905. The van der Waals surface area contributed by atoms with Gasteiger partial charge in [-0.15, -0.1) is 0 Å². The summed E-state index contributed by atoms with van der Waals surface area (Å²) >= 11 is 0. The third-order valence-corrected chi connectivity index (χ3v) is 6.38. The number of hydrogen-bond donors (Lipinski definition) is 0. The second-order valence-corrected chi connectivity index (χ2v) is 8.93. The van der Waals surface area contributed by atoms with Crippen LogP contribution in [0.1, 0.15) is 60.1 Å². The van der Waals surface area contributed by atoms with Gasteiger partial charge in [-0.1, -0.05) is 31.0 Å². The molecule has 0 aliphatic heterocycles. The maximum Gasteiger partial charge on any atom is 0.254 e. The molecule has 1 aromatic heterocycles. The van der Waals surface area contributed by atoms with E-state index in [-0.39, 0.29) is 12.0 Å². The van der Waals surface area contributed by atoms with Crippen molar-refractivity contribution < 1.29 is 19.0 Å². The lowest BCUT2D eigenvalue weighted by Crippen LogP contribution is -2.30. The number of carbonyl (C=O) groups is 1. The number of amides is 1. The number of ether oxygens (including phenoxy) is 3. The summed E-state index contributed by atoms with van der Waals surface area (Å²) in [6, 6.07) is 18.9. The van der Waals surface area contributed by atoms with E-state index in [9.17, 15) is 4.79 Å². The van der Waals surface area contributed by atoms with Gasteiger partial charge in [-0.05, 0) is 73.7 Å². The average Bonchev–Trinajstić information content (AvgIpc) is 3.18. The number of nitrogens with zero attached hydrogens (tertiary/aromatic N) is 2. The molecular formula is C29H34N2O4. The van der Waals surface area contributed by atoms with Crippen LogP contribution in [0, 0.1) is 0 Å². The van der Waals surface area contributed by atoms with Crippen molar-refractivity contribution >= 4 is 5.91 Å². The lowest BCUT2D eigenvalue weighted by atomic mass is 10.1. The summed E-state index contributed by atoms with van der Waals surface area (Å²) in [7, 11) is 3.26. The molecule has 184 valence electrons. The highest BCUT2D eigenvalue weighted by Crippen LogP contribution is 2.32. The van der Waals surface area contributed by atoms with Crippen molar-refractivity contribution in [2.24, 2.45) is 0 Å². The van der Waals surface area contributed by atoms with E-state index in [4.69, 9.17) is 14.2 Å². The maximum absolute atomic E-state index is 13.5. The standard InChI is InChI=1S/C29H34N2O4/c1-33-26-14-9-10-23(19-26)29(32)31(21-24-11-7-8-17-30-24)20-22-15-16-27(28(18-22)34-2)35-25-12-5-3-4-6-13-25/h7-11,14-19,25H,3-6,12-13,20-21H2,1-2H3. The van der Waals surface area contributed by atoms with Gasteiger partial charge in [-0.2, -0.15) is 0 Å². The van der Waals surface area contributed by atoms with Crippen molar-refractivity contribution in [1.29, 1.82) is 0 Å². The first-order chi connectivity index (χ1) is 17.2. The van der Waals surface area contributed by atoms with Crippen LogP contribution >= 0.6 is 0 Å². The Morgan fingerprint density at radius 3 is 2.43 bits per heavy atom. The largest absolute Gasteiger partial charge is 0.497 e. The van der Waals surface area contributed by atoms with Crippen molar-refractivity contribution in [1.82, 2.24) is 9.88 Å². The van der Waals surface area contributed by atoms with Crippen LogP contribution < -0.4 is 14.2 Å². The molecule has 0 saturated heterocycles. The molecule has 1 fully saturated rings. The van der Waals surface area contributed by atoms with Crippen molar-refractivity contribution in [3.05, 3.63) is 83.7 Å². The van der Waals surface area contributed by atoms with Gasteiger partial charge in [0.2, 0.25) is 0 Å². The lowest BCUT2D eigenvalue weighted by molar-refractivity contribution is 0.0727. The lowest BCUT2D eigenvalue weighted by Gasteiger charge is -2.24. The van der Waals surface area contributed by atoms with Crippen LogP contribution in [0.5, 0.6) is 17.2 Å². The molecule has 3 aromatic rings. The van der Waals surface area contributed by atoms with Gasteiger partial charge in [0.25, 0.3) is 5.91 Å². The molecule has 6 heteroatoms. The first kappa shape index (κ1) is 24.6. The highest BCUT2D eigenvalue weighted by atomic mass is 16.5. The fraction of sp³-hybridized carbons (Fsp3) is 0.379. The van der Waals surface area contributed by atoms with E-state index in [2.05, 4.69) is 4.98 Å². The van der Waals surface area contributed by atoms with Crippen LogP contribution in [0.2, 0.25) is 0 Å². The van der Waals surface area contributed by atoms with Crippen molar-refractivity contribution in [3.63, 3.8) is 0 Å². The molecule has 1 aliphatic rings. The van der Waals surface area contributed by atoms with E-state index in [1.165, 1.54) is 25.7 Å². The number of hydrogen-bond acceptors (Lipinski definition) is 5. The van der Waals surface area contributed by atoms with Gasteiger partial charge in [-0.3, -0.25) is 9.78 Å². The Kier molecular flexibility index (Phi) is 8.60. The normalized spacial score (nSPS) is 14.1. The summed E-state index contributed by atoms with van der Waals surface area (Å²) in [4.78, 5) is 19.7. The van der Waals surface area contributed by atoms with Crippen LogP contribution in [-0.2, 0) is 13.1 Å². The molecule has 0 N–H and O–H groups in total. The average molecular weight is 475 g/mol. The van der Waals surface area contributed by atoms with Gasteiger partial charge < -0.3 is 19.1 Å². The Hall–Kier alpha value is -3.54. The number of aromatic nitrogens is 1. The predicted octanol–water partition coefficient (Wildman–Crippen LogP) is 6.04. The van der Waals surface area contributed by atoms with Crippen LogP contribution in [0.15, 0.2) is 66.9 Å². The maximum atomic E-state index is 13.5. The van der Waals surface area contributed by atoms with E-state index in [0.717, 1.165) is 29.8 Å². The van der Waals surface area contributed by atoms with Crippen LogP contribution in [0.4, 0.5) is 0 Å². The highest BCUT2D eigenvalue weighted by molar-refractivity contribution is 5.94. The number of pyridine rings is 1. The van der Waals surface area contributed by atoms with Gasteiger partial charge in [0, 0.05) is 18.3 Å². The molecule has 35 heavy (non-hydrogen) atoms. The zero-order chi connectivity index (χ0) is 24.5. The fourth-order valence-electron chi connectivity index (χ4n) is 4.49. The minimum absolute atomic E-state index is 0.0905. The molecule has 0 atom stereocenters. The Bertz CT molecular complexity index is 1090. The second kappa shape index (κ2) is 12.2. The summed E-state index contributed by atoms with van der Waals surface area (Å²) in [5.41, 5.74) is 2.35. The molecular weight excluding hydrogens is 440 g/mol. The summed E-state index contributed by atoms with van der Waals surface area (Å²) in [6.07, 6.45) is 9.11. The first-order valence-electron chi connectivity index (χ1n) is 12.3. The van der Waals surface area contributed by atoms with Gasteiger partial charge in [0.15, 0.2) is 11.5 Å². The third kappa shape index (κ3) is 6.75. The molecule has 2 aromatic carbocycles. The van der Waals surface area contributed by atoms with Gasteiger partial charge in [-0.25, -0.2) is 0 Å². The Balaban J connectivity index is 1.56. The summed E-state index contributed by atoms with van der Waals surface area (Å²) in [5.74, 6) is 2.01. The van der Waals surface area contributed by atoms with Crippen LogP contribution in [0.25, 0.3) is 0 Å². The zero-order valence-electron chi connectivity index (χ0n) is 20.6. The second-order valence-electron chi connectivity index (χ2n) is 8.93. The van der Waals surface area contributed by atoms with Crippen molar-refractivity contribution in [2.45, 2.75) is 57.7 Å². The Labute approximate surface area is 207 Å². The first-order valence-corrected chi connectivity index (χ1v) is 12.3. The fourth-order valence-corrected chi connectivity index (χ4v) is 4.49. The Morgan fingerprint density at radius 1 is 0.886 bits per heavy atom. The van der Waals surface area contributed by atoms with Crippen molar-refractivity contribution in [2.75, 3.05) is 14.2 Å². The molecule has 1 aliphatic carbocycles. The van der Waals surface area contributed by atoms with Crippen LogP contribution in [-0.4, -0.2) is 36.1 Å². The summed E-state index contributed by atoms with van der Waals surface area (Å²) in [5, 5.41) is 0. The minimum Gasteiger partial charge on any atom is -0.497 e. The van der Waals surface area contributed by atoms with E-state index in [1.54, 1.807) is 37.4 Å². The van der Waals surface area contributed by atoms with E-state index in [1.807, 2.05) is 48.5 Å². The zero-order valence-corrected chi connectivity index (χ0v) is 20.6. The highest BCUT2D eigenvalue weighted by Gasteiger charge is 2.20. The molecule has 1 saturated carbocycles. The Morgan fingerprint density at radius 2 is 1.71 bits per heavy atom. The SMILES string of the molecule is COc1cccc(C(=O)N(Cc2ccc(OC3CCCCCC3)c(OC)c2)Cc2ccccn2)c1. The summed E-state index contributed by atoms with van der Waals surface area (Å²) in [6.45, 7) is 0.798. The van der Waals surface area contributed by atoms with Gasteiger partial charge in [0.1, 0.15) is 5.75 Å². The monoisotopic (exact) mass is 474 g/mol. The summed E-state index contributed by atoms with van der Waals surface area (Å²) < 4.78 is 17.3. The van der Waals surface area contributed by atoms with Gasteiger partial charge in [0.05, 0.1) is 32.6 Å². The number of benzene rings is 2. The van der Waals surface area contributed by atoms with Crippen LogP contribution in [0.3, 0.4) is 0 Å².